The minimum Gasteiger partial charge on any atom is -0.378 e. The highest BCUT2D eigenvalue weighted by Gasteiger charge is 2.26. The Morgan fingerprint density at radius 2 is 1.67 bits per heavy atom. The molecule has 2 fully saturated rings. The molecular formula is C31H34N8O3S. The van der Waals surface area contributed by atoms with Crippen molar-refractivity contribution in [3.05, 3.63) is 73.4 Å². The van der Waals surface area contributed by atoms with Gasteiger partial charge in [-0.05, 0) is 43.7 Å². The topological polar surface area (TPSA) is 111 Å². The Balaban J connectivity index is 1.29. The molecule has 0 bridgehead atoms. The van der Waals surface area contributed by atoms with E-state index in [0.29, 0.717) is 36.0 Å². The Bertz CT molecular complexity index is 1820. The summed E-state index contributed by atoms with van der Waals surface area (Å²) in [7, 11) is -3.92. The van der Waals surface area contributed by atoms with Crippen molar-refractivity contribution in [1.82, 2.24) is 33.6 Å². The monoisotopic (exact) mass is 598 g/mol. The quantitative estimate of drug-likeness (QED) is 0.274. The van der Waals surface area contributed by atoms with E-state index in [-0.39, 0.29) is 10.5 Å². The molecule has 4 aromatic heterocycles. The summed E-state index contributed by atoms with van der Waals surface area (Å²) in [5.41, 5.74) is 3.65. The number of pyridine rings is 1. The molecule has 12 heteroatoms. The molecule has 0 unspecified atom stereocenters. The van der Waals surface area contributed by atoms with Crippen LogP contribution in [0.25, 0.3) is 33.5 Å². The molecule has 0 saturated carbocycles. The van der Waals surface area contributed by atoms with Crippen LogP contribution in [0.3, 0.4) is 0 Å². The van der Waals surface area contributed by atoms with Gasteiger partial charge in [-0.15, -0.1) is 0 Å². The molecule has 0 atom stereocenters. The SMILES string of the molecule is CCN1CCC(n2cc(-c3cn(S(=O)(=O)c4ccccc4)c4ncc(-c5ccc(N6CCOCC6)nc5)nc34)cn2)CC1. The first-order valence-electron chi connectivity index (χ1n) is 14.8. The fourth-order valence-electron chi connectivity index (χ4n) is 5.90. The van der Waals surface area contributed by atoms with E-state index < -0.39 is 10.0 Å². The number of ether oxygens (including phenoxy) is 1. The van der Waals surface area contributed by atoms with E-state index in [1.165, 1.54) is 3.97 Å². The third-order valence-corrected chi connectivity index (χ3v) is 10.1. The van der Waals surface area contributed by atoms with E-state index in [4.69, 9.17) is 14.8 Å². The van der Waals surface area contributed by atoms with Crippen molar-refractivity contribution in [2.75, 3.05) is 50.8 Å². The van der Waals surface area contributed by atoms with Crippen LogP contribution in [0.1, 0.15) is 25.8 Å². The van der Waals surface area contributed by atoms with E-state index in [1.54, 1.807) is 55.1 Å². The maximum Gasteiger partial charge on any atom is 0.269 e. The van der Waals surface area contributed by atoms with Crippen LogP contribution in [0.2, 0.25) is 0 Å². The Kier molecular flexibility index (Phi) is 7.41. The summed E-state index contributed by atoms with van der Waals surface area (Å²) in [6.45, 7) is 8.30. The van der Waals surface area contributed by atoms with Gasteiger partial charge in [-0.2, -0.15) is 5.10 Å². The van der Waals surface area contributed by atoms with Gasteiger partial charge < -0.3 is 14.5 Å². The van der Waals surface area contributed by atoms with Crippen molar-refractivity contribution in [3.8, 4) is 22.4 Å². The zero-order valence-electron chi connectivity index (χ0n) is 24.1. The number of hydrogen-bond acceptors (Lipinski definition) is 9. The number of anilines is 1. The van der Waals surface area contributed by atoms with Gasteiger partial charge in [-0.3, -0.25) is 4.68 Å². The van der Waals surface area contributed by atoms with Crippen LogP contribution in [0.4, 0.5) is 5.82 Å². The second kappa shape index (κ2) is 11.5. The molecule has 1 aromatic carbocycles. The van der Waals surface area contributed by atoms with Crippen LogP contribution in [-0.4, -0.2) is 88.0 Å². The van der Waals surface area contributed by atoms with Crippen LogP contribution in [0.15, 0.2) is 78.3 Å². The molecule has 2 aliphatic heterocycles. The molecule has 2 saturated heterocycles. The fraction of sp³-hybridized carbons (Fsp3) is 0.355. The Morgan fingerprint density at radius 3 is 2.40 bits per heavy atom. The average molecular weight is 599 g/mol. The number of aromatic nitrogens is 6. The third kappa shape index (κ3) is 5.30. The second-order valence-corrected chi connectivity index (χ2v) is 12.8. The highest BCUT2D eigenvalue weighted by Crippen LogP contribution is 2.34. The predicted octanol–water partition coefficient (Wildman–Crippen LogP) is 4.09. The number of hydrogen-bond donors (Lipinski definition) is 0. The largest absolute Gasteiger partial charge is 0.378 e. The summed E-state index contributed by atoms with van der Waals surface area (Å²) >= 11 is 0. The van der Waals surface area contributed by atoms with E-state index >= 15 is 0 Å². The summed E-state index contributed by atoms with van der Waals surface area (Å²) < 4.78 is 36.3. The molecule has 6 heterocycles. The zero-order valence-corrected chi connectivity index (χ0v) is 24.9. The van der Waals surface area contributed by atoms with Crippen molar-refractivity contribution in [3.63, 3.8) is 0 Å². The maximum atomic E-state index is 13.8. The first-order chi connectivity index (χ1) is 21.0. The molecule has 43 heavy (non-hydrogen) atoms. The van der Waals surface area contributed by atoms with E-state index in [2.05, 4.69) is 26.7 Å². The number of rotatable bonds is 7. The minimum atomic E-state index is -3.92. The van der Waals surface area contributed by atoms with E-state index in [1.807, 2.05) is 23.0 Å². The van der Waals surface area contributed by atoms with Gasteiger partial charge in [-0.25, -0.2) is 27.3 Å². The summed E-state index contributed by atoms with van der Waals surface area (Å²) in [4.78, 5) is 19.1. The lowest BCUT2D eigenvalue weighted by molar-refractivity contribution is 0.122. The van der Waals surface area contributed by atoms with Gasteiger partial charge in [-0.1, -0.05) is 25.1 Å². The van der Waals surface area contributed by atoms with E-state index in [9.17, 15) is 8.42 Å². The normalized spacial score (nSPS) is 17.1. The summed E-state index contributed by atoms with van der Waals surface area (Å²) in [5.74, 6) is 0.888. The molecule has 0 amide bonds. The standard InChI is InChI=1S/C31H34N8O3S/c1-2-36-12-10-25(11-13-36)38-21-24(19-34-38)27-22-39(43(40,41)26-6-4-3-5-7-26)31-30(27)35-28(20-33-31)23-8-9-29(32-18-23)37-14-16-42-17-15-37/h3-9,18-22,25H,2,10-17H2,1H3. The molecule has 0 N–H and O–H groups in total. The summed E-state index contributed by atoms with van der Waals surface area (Å²) in [6.07, 6.45) is 10.9. The Labute approximate surface area is 250 Å². The minimum absolute atomic E-state index is 0.186. The van der Waals surface area contributed by atoms with Gasteiger partial charge >= 0.3 is 0 Å². The Hall–Kier alpha value is -4.13. The molecule has 11 nitrogen and oxygen atoms in total. The van der Waals surface area contributed by atoms with Crippen molar-refractivity contribution in [1.29, 1.82) is 0 Å². The fourth-order valence-corrected chi connectivity index (χ4v) is 7.23. The molecular weight excluding hydrogens is 564 g/mol. The molecule has 0 aliphatic carbocycles. The van der Waals surface area contributed by atoms with Crippen molar-refractivity contribution >= 4 is 27.0 Å². The average Bonchev–Trinajstić information content (AvgIpc) is 3.71. The number of piperidine rings is 1. The van der Waals surface area contributed by atoms with Gasteiger partial charge in [0.25, 0.3) is 10.0 Å². The number of benzene rings is 1. The Morgan fingerprint density at radius 1 is 0.884 bits per heavy atom. The molecule has 5 aromatic rings. The number of fused-ring (bicyclic) bond motifs is 1. The predicted molar refractivity (Wildman–Crippen MR) is 164 cm³/mol. The highest BCUT2D eigenvalue weighted by molar-refractivity contribution is 7.90. The van der Waals surface area contributed by atoms with Crippen molar-refractivity contribution in [2.45, 2.75) is 30.7 Å². The smallest absolute Gasteiger partial charge is 0.269 e. The van der Waals surface area contributed by atoms with Crippen LogP contribution in [0, 0.1) is 0 Å². The van der Waals surface area contributed by atoms with Gasteiger partial charge in [0.2, 0.25) is 0 Å². The highest BCUT2D eigenvalue weighted by atomic mass is 32.2. The van der Waals surface area contributed by atoms with Gasteiger partial charge in [0.15, 0.2) is 5.65 Å². The van der Waals surface area contributed by atoms with Gasteiger partial charge in [0, 0.05) is 61.5 Å². The first-order valence-corrected chi connectivity index (χ1v) is 16.2. The van der Waals surface area contributed by atoms with Crippen molar-refractivity contribution in [2.24, 2.45) is 0 Å². The van der Waals surface area contributed by atoms with E-state index in [0.717, 1.165) is 62.5 Å². The molecule has 222 valence electrons. The summed E-state index contributed by atoms with van der Waals surface area (Å²) in [5, 5.41) is 4.71. The molecule has 7 rings (SSSR count). The van der Waals surface area contributed by atoms with Crippen LogP contribution >= 0.6 is 0 Å². The lowest BCUT2D eigenvalue weighted by Gasteiger charge is -2.31. The van der Waals surface area contributed by atoms with Crippen molar-refractivity contribution < 1.29 is 13.2 Å². The second-order valence-electron chi connectivity index (χ2n) is 11.0. The maximum absolute atomic E-state index is 13.8. The summed E-state index contributed by atoms with van der Waals surface area (Å²) in [6, 6.07) is 12.7. The third-order valence-electron chi connectivity index (χ3n) is 8.43. The molecule has 0 spiro atoms. The lowest BCUT2D eigenvalue weighted by Crippen LogP contribution is -2.36. The number of nitrogens with zero attached hydrogens (tertiary/aromatic N) is 8. The first kappa shape index (κ1) is 27.7. The van der Waals surface area contributed by atoms with Crippen LogP contribution in [0.5, 0.6) is 0 Å². The van der Waals surface area contributed by atoms with Crippen LogP contribution in [-0.2, 0) is 14.8 Å². The van der Waals surface area contributed by atoms with Gasteiger partial charge in [0.1, 0.15) is 11.3 Å². The molecule has 0 radical (unpaired) electrons. The van der Waals surface area contributed by atoms with Crippen LogP contribution < -0.4 is 4.90 Å². The lowest BCUT2D eigenvalue weighted by atomic mass is 10.1. The van der Waals surface area contributed by atoms with Gasteiger partial charge in [0.05, 0.1) is 42.2 Å². The zero-order chi connectivity index (χ0) is 29.4. The number of likely N-dealkylation sites (tertiary alicyclic amines) is 1. The molecule has 2 aliphatic rings. The number of morpholine rings is 1.